The number of benzene rings is 2. The molecule has 2 aromatic carbocycles. The highest BCUT2D eigenvalue weighted by atomic mass is 32.2. The molecular formula is C14H13N3O2S2. The van der Waals surface area contributed by atoms with Gasteiger partial charge in [0, 0.05) is 11.9 Å². The number of nitrogen functional groups attached to an aromatic ring is 1. The zero-order valence-corrected chi connectivity index (χ0v) is 12.8. The predicted molar refractivity (Wildman–Crippen MR) is 86.9 cm³/mol. The topological polar surface area (TPSA) is 85.1 Å². The third-order valence-electron chi connectivity index (χ3n) is 3.06. The Morgan fingerprint density at radius 1 is 1.19 bits per heavy atom. The smallest absolute Gasteiger partial charge is 0.175 e. The number of fused-ring (bicyclic) bond motifs is 1. The number of nitrogens with two attached hydrogens (primary N) is 1. The van der Waals surface area contributed by atoms with Gasteiger partial charge in [-0.2, -0.15) is 0 Å². The second kappa shape index (κ2) is 5.01. The van der Waals surface area contributed by atoms with E-state index in [0.29, 0.717) is 11.4 Å². The van der Waals surface area contributed by atoms with Crippen LogP contribution in [-0.4, -0.2) is 19.7 Å². The van der Waals surface area contributed by atoms with E-state index in [0.717, 1.165) is 22.2 Å². The lowest BCUT2D eigenvalue weighted by molar-refractivity contribution is 0.602. The Hall–Kier alpha value is -2.12. The summed E-state index contributed by atoms with van der Waals surface area (Å²) in [5.74, 6) is 0. The monoisotopic (exact) mass is 319 g/mol. The lowest BCUT2D eigenvalue weighted by Crippen LogP contribution is -2.01. The van der Waals surface area contributed by atoms with Crippen molar-refractivity contribution >= 4 is 48.5 Å². The first-order valence-corrected chi connectivity index (χ1v) is 8.90. The number of rotatable bonds is 3. The molecule has 3 rings (SSSR count). The summed E-state index contributed by atoms with van der Waals surface area (Å²) in [5.41, 5.74) is 10.6. The van der Waals surface area contributed by atoms with Crippen LogP contribution in [0.5, 0.6) is 0 Å². The number of nitrogens with zero attached hydrogens (tertiary/aromatic N) is 1. The van der Waals surface area contributed by atoms with Crippen LogP contribution in [0, 0.1) is 0 Å². The lowest BCUT2D eigenvalue weighted by atomic mass is 10.2. The largest absolute Gasteiger partial charge is 0.397 e. The van der Waals surface area contributed by atoms with Gasteiger partial charge in [0.2, 0.25) is 0 Å². The number of hydrogen-bond acceptors (Lipinski definition) is 6. The molecule has 1 aromatic heterocycles. The Balaban J connectivity index is 1.94. The highest BCUT2D eigenvalue weighted by Gasteiger charge is 2.10. The van der Waals surface area contributed by atoms with Gasteiger partial charge in [-0.05, 0) is 36.4 Å². The van der Waals surface area contributed by atoms with Gasteiger partial charge in [0.1, 0.15) is 0 Å². The summed E-state index contributed by atoms with van der Waals surface area (Å²) in [7, 11) is -3.25. The summed E-state index contributed by atoms with van der Waals surface area (Å²) in [6.45, 7) is 0. The molecule has 0 aliphatic heterocycles. The first-order valence-electron chi connectivity index (χ1n) is 6.13. The second-order valence-corrected chi connectivity index (χ2v) is 7.58. The summed E-state index contributed by atoms with van der Waals surface area (Å²) in [6.07, 6.45) is 1.16. The first-order chi connectivity index (χ1) is 9.93. The van der Waals surface area contributed by atoms with Crippen molar-refractivity contribution in [1.29, 1.82) is 0 Å². The van der Waals surface area contributed by atoms with E-state index in [1.54, 1.807) is 29.0 Å². The van der Waals surface area contributed by atoms with Gasteiger partial charge in [-0.25, -0.2) is 13.4 Å². The minimum absolute atomic E-state index is 0.212. The van der Waals surface area contributed by atoms with Crippen LogP contribution in [0.15, 0.2) is 46.8 Å². The first kappa shape index (κ1) is 13.8. The predicted octanol–water partition coefficient (Wildman–Crippen LogP) is 3.03. The van der Waals surface area contributed by atoms with E-state index < -0.39 is 9.84 Å². The van der Waals surface area contributed by atoms with Gasteiger partial charge in [-0.15, -0.1) is 11.3 Å². The normalized spacial score (nSPS) is 11.7. The third-order valence-corrected chi connectivity index (χ3v) is 4.96. The molecule has 0 atom stereocenters. The van der Waals surface area contributed by atoms with E-state index in [2.05, 4.69) is 10.3 Å². The molecule has 3 aromatic rings. The molecule has 0 amide bonds. The van der Waals surface area contributed by atoms with Gasteiger partial charge in [-0.1, -0.05) is 0 Å². The summed E-state index contributed by atoms with van der Waals surface area (Å²) in [6, 6.07) is 10.5. The molecular weight excluding hydrogens is 306 g/mol. The van der Waals surface area contributed by atoms with Crippen molar-refractivity contribution in [3.8, 4) is 0 Å². The summed E-state index contributed by atoms with van der Waals surface area (Å²) in [5, 5.41) is 3.19. The van der Waals surface area contributed by atoms with Crippen molar-refractivity contribution in [3.63, 3.8) is 0 Å². The van der Waals surface area contributed by atoms with Crippen LogP contribution >= 0.6 is 11.3 Å². The Labute approximate surface area is 126 Å². The standard InChI is InChI=1S/C14H13N3O2S2/c1-21(18,19)10-3-5-12(11(15)7-10)17-9-2-4-13-14(6-9)20-8-16-13/h2-8,17H,15H2,1H3. The Morgan fingerprint density at radius 3 is 2.71 bits per heavy atom. The molecule has 7 heteroatoms. The molecule has 3 N–H and O–H groups in total. The van der Waals surface area contributed by atoms with Gasteiger partial charge in [0.25, 0.3) is 0 Å². The van der Waals surface area contributed by atoms with Crippen molar-refractivity contribution in [2.24, 2.45) is 0 Å². The fourth-order valence-corrected chi connectivity index (χ4v) is 3.35. The zero-order valence-electron chi connectivity index (χ0n) is 11.2. The molecule has 0 aliphatic rings. The summed E-state index contributed by atoms with van der Waals surface area (Å²) < 4.78 is 24.1. The molecule has 5 nitrogen and oxygen atoms in total. The van der Waals surface area contributed by atoms with E-state index in [1.165, 1.54) is 6.07 Å². The Morgan fingerprint density at radius 2 is 2.00 bits per heavy atom. The van der Waals surface area contributed by atoms with Crippen LogP contribution in [0.3, 0.4) is 0 Å². The third kappa shape index (κ3) is 2.84. The molecule has 0 aliphatic carbocycles. The molecule has 0 saturated heterocycles. The molecule has 0 fully saturated rings. The van der Waals surface area contributed by atoms with Crippen LogP contribution in [0.1, 0.15) is 0 Å². The van der Waals surface area contributed by atoms with Crippen molar-refractivity contribution < 1.29 is 8.42 Å². The van der Waals surface area contributed by atoms with Crippen LogP contribution < -0.4 is 11.1 Å². The minimum Gasteiger partial charge on any atom is -0.397 e. The van der Waals surface area contributed by atoms with Crippen LogP contribution in [0.2, 0.25) is 0 Å². The number of thiazole rings is 1. The molecule has 108 valence electrons. The molecule has 21 heavy (non-hydrogen) atoms. The molecule has 1 heterocycles. The lowest BCUT2D eigenvalue weighted by Gasteiger charge is -2.10. The van der Waals surface area contributed by atoms with Gasteiger partial charge >= 0.3 is 0 Å². The van der Waals surface area contributed by atoms with Crippen molar-refractivity contribution in [3.05, 3.63) is 41.9 Å². The molecule has 0 saturated carbocycles. The van der Waals surface area contributed by atoms with Crippen LogP contribution in [0.4, 0.5) is 17.1 Å². The van der Waals surface area contributed by atoms with Crippen molar-refractivity contribution in [1.82, 2.24) is 4.98 Å². The van der Waals surface area contributed by atoms with Crippen LogP contribution in [0.25, 0.3) is 10.2 Å². The maximum Gasteiger partial charge on any atom is 0.175 e. The molecule has 0 radical (unpaired) electrons. The van der Waals surface area contributed by atoms with Gasteiger partial charge in [-0.3, -0.25) is 0 Å². The fraction of sp³-hybridized carbons (Fsp3) is 0.0714. The SMILES string of the molecule is CS(=O)(=O)c1ccc(Nc2ccc3ncsc3c2)c(N)c1. The maximum absolute atomic E-state index is 11.5. The zero-order chi connectivity index (χ0) is 15.0. The highest BCUT2D eigenvalue weighted by molar-refractivity contribution is 7.90. The average Bonchev–Trinajstić information content (AvgIpc) is 2.87. The number of sulfone groups is 1. The van der Waals surface area contributed by atoms with Crippen LogP contribution in [-0.2, 0) is 9.84 Å². The minimum atomic E-state index is -3.25. The van der Waals surface area contributed by atoms with Gasteiger partial charge in [0.05, 0.1) is 32.0 Å². The Kier molecular flexibility index (Phi) is 3.30. The van der Waals surface area contributed by atoms with Gasteiger partial charge < -0.3 is 11.1 Å². The average molecular weight is 319 g/mol. The van der Waals surface area contributed by atoms with E-state index in [-0.39, 0.29) is 4.90 Å². The molecule has 0 bridgehead atoms. The number of anilines is 3. The number of nitrogens with one attached hydrogen (secondary N) is 1. The van der Waals surface area contributed by atoms with E-state index in [1.807, 2.05) is 18.2 Å². The summed E-state index contributed by atoms with van der Waals surface area (Å²) >= 11 is 1.56. The van der Waals surface area contributed by atoms with Crippen molar-refractivity contribution in [2.45, 2.75) is 4.90 Å². The van der Waals surface area contributed by atoms with E-state index in [4.69, 9.17) is 5.73 Å². The quantitative estimate of drug-likeness (QED) is 0.725. The molecule has 0 unspecified atom stereocenters. The number of aromatic nitrogens is 1. The highest BCUT2D eigenvalue weighted by Crippen LogP contribution is 2.28. The second-order valence-electron chi connectivity index (χ2n) is 4.68. The Bertz CT molecular complexity index is 917. The van der Waals surface area contributed by atoms with Crippen molar-refractivity contribution in [2.75, 3.05) is 17.3 Å². The van der Waals surface area contributed by atoms with E-state index in [9.17, 15) is 8.42 Å². The fourth-order valence-electron chi connectivity index (χ4n) is 1.97. The van der Waals surface area contributed by atoms with Gasteiger partial charge in [0.15, 0.2) is 9.84 Å². The maximum atomic E-state index is 11.5. The van der Waals surface area contributed by atoms with E-state index >= 15 is 0 Å². The number of hydrogen-bond donors (Lipinski definition) is 2. The summed E-state index contributed by atoms with van der Waals surface area (Å²) in [4.78, 5) is 4.43. The molecule has 0 spiro atoms.